The number of piperazine rings is 1. The van der Waals surface area contributed by atoms with Gasteiger partial charge in [-0.05, 0) is 63.3 Å². The van der Waals surface area contributed by atoms with E-state index in [-0.39, 0.29) is 23.9 Å². The Morgan fingerprint density at radius 1 is 1.10 bits per heavy atom. The highest BCUT2D eigenvalue weighted by atomic mass is 16.5. The molecule has 0 amide bonds. The molecule has 9 heteroatoms. The lowest BCUT2D eigenvalue weighted by Crippen LogP contribution is -2.59. The molecule has 2 aliphatic rings. The van der Waals surface area contributed by atoms with Gasteiger partial charge in [0, 0.05) is 62.5 Å². The number of rotatable bonds is 6. The van der Waals surface area contributed by atoms with Crippen molar-refractivity contribution in [1.29, 1.82) is 0 Å². The highest BCUT2D eigenvalue weighted by Crippen LogP contribution is 2.35. The molecular weight excluding hydrogens is 490 g/mol. The van der Waals surface area contributed by atoms with E-state index < -0.39 is 0 Å². The normalized spacial score (nSPS) is 23.5. The summed E-state index contributed by atoms with van der Waals surface area (Å²) < 4.78 is 9.66. The molecule has 0 spiro atoms. The highest BCUT2D eigenvalue weighted by Gasteiger charge is 2.37. The van der Waals surface area contributed by atoms with Crippen LogP contribution in [0.4, 0.5) is 5.69 Å². The van der Waals surface area contributed by atoms with Crippen LogP contribution in [0.3, 0.4) is 0 Å². The van der Waals surface area contributed by atoms with E-state index in [4.69, 9.17) is 14.8 Å². The average Bonchev–Trinajstić information content (AvgIpc) is 3.44. The quantitative estimate of drug-likeness (QED) is 0.354. The summed E-state index contributed by atoms with van der Waals surface area (Å²) in [4.78, 5) is 27.6. The molecule has 6 heterocycles. The second-order valence-electron chi connectivity index (χ2n) is 11.0. The Labute approximate surface area is 229 Å². The molecule has 206 valence electrons. The zero-order valence-corrected chi connectivity index (χ0v) is 23.5. The number of anilines is 1. The van der Waals surface area contributed by atoms with E-state index in [2.05, 4.69) is 53.8 Å². The zero-order valence-electron chi connectivity index (χ0n) is 23.5. The standard InChI is InChI=1S/C30H39N7O2/c1-5-22-18-36(23(6-2)17-35(22)20(3)24-13-12-21-10-9-14-31-30(21)32-24)25-16-27(38)34(4)26-19-37(33-29(25)26)28-11-7-8-15-39-28/h9-10,12-14,16,19-20,22-23,28H,5-8,11,15,17-18H2,1-4H3/t20?,22-,23+,28?/m1/s1. The van der Waals surface area contributed by atoms with Crippen LogP contribution in [0.1, 0.15) is 70.8 Å². The van der Waals surface area contributed by atoms with Crippen LogP contribution >= 0.6 is 0 Å². The molecule has 4 aromatic rings. The van der Waals surface area contributed by atoms with Crippen LogP contribution in [-0.4, -0.2) is 61.0 Å². The molecular formula is C30H39N7O2. The first-order chi connectivity index (χ1) is 19.0. The molecule has 0 N–H and O–H groups in total. The van der Waals surface area contributed by atoms with Crippen LogP contribution in [0, 0.1) is 0 Å². The molecule has 39 heavy (non-hydrogen) atoms. The molecule has 2 saturated heterocycles. The number of pyridine rings is 3. The number of fused-ring (bicyclic) bond motifs is 2. The summed E-state index contributed by atoms with van der Waals surface area (Å²) >= 11 is 0. The van der Waals surface area contributed by atoms with Crippen molar-refractivity contribution in [3.63, 3.8) is 0 Å². The summed E-state index contributed by atoms with van der Waals surface area (Å²) in [6.45, 7) is 9.22. The maximum atomic E-state index is 13.1. The number of hydrogen-bond acceptors (Lipinski definition) is 7. The Morgan fingerprint density at radius 2 is 1.95 bits per heavy atom. The van der Waals surface area contributed by atoms with Crippen molar-refractivity contribution in [2.24, 2.45) is 7.05 Å². The van der Waals surface area contributed by atoms with Gasteiger partial charge in [-0.3, -0.25) is 9.69 Å². The Hall–Kier alpha value is -3.30. The van der Waals surface area contributed by atoms with Gasteiger partial charge in [-0.25, -0.2) is 14.6 Å². The zero-order chi connectivity index (χ0) is 27.1. The van der Waals surface area contributed by atoms with Crippen LogP contribution in [0.5, 0.6) is 0 Å². The lowest BCUT2D eigenvalue weighted by Gasteiger charge is -2.49. The van der Waals surface area contributed by atoms with Gasteiger partial charge in [0.1, 0.15) is 11.7 Å². The topological polar surface area (TPSA) is 81.3 Å². The Balaban J connectivity index is 1.34. The van der Waals surface area contributed by atoms with Crippen LogP contribution in [0.15, 0.2) is 47.5 Å². The molecule has 0 aromatic carbocycles. The third kappa shape index (κ3) is 4.72. The fraction of sp³-hybridized carbons (Fsp3) is 0.533. The third-order valence-electron chi connectivity index (χ3n) is 8.76. The van der Waals surface area contributed by atoms with Crippen molar-refractivity contribution < 1.29 is 4.74 Å². The summed E-state index contributed by atoms with van der Waals surface area (Å²) in [7, 11) is 1.83. The number of nitrogens with zero attached hydrogens (tertiary/aromatic N) is 7. The van der Waals surface area contributed by atoms with Crippen molar-refractivity contribution >= 4 is 27.8 Å². The van der Waals surface area contributed by atoms with Gasteiger partial charge in [-0.2, -0.15) is 5.10 Å². The molecule has 0 radical (unpaired) electrons. The molecule has 9 nitrogen and oxygen atoms in total. The second-order valence-corrected chi connectivity index (χ2v) is 11.0. The van der Waals surface area contributed by atoms with Crippen molar-refractivity contribution in [3.05, 3.63) is 58.8 Å². The minimum atomic E-state index is -0.0684. The van der Waals surface area contributed by atoms with Crippen molar-refractivity contribution in [3.8, 4) is 0 Å². The predicted molar refractivity (Wildman–Crippen MR) is 154 cm³/mol. The van der Waals surface area contributed by atoms with Gasteiger partial charge in [0.25, 0.3) is 5.56 Å². The molecule has 2 aliphatic heterocycles. The first-order valence-electron chi connectivity index (χ1n) is 14.4. The Bertz CT molecular complexity index is 1520. The van der Waals surface area contributed by atoms with Crippen LogP contribution in [-0.2, 0) is 11.8 Å². The first kappa shape index (κ1) is 26.0. The van der Waals surface area contributed by atoms with E-state index >= 15 is 0 Å². The molecule has 4 atom stereocenters. The SMILES string of the molecule is CC[C@H]1CN(C(C)c2ccc3cccnc3n2)[C@H](CC)CN1c1cc(=O)n(C)c2cn(C3CCCCO3)nc12. The predicted octanol–water partition coefficient (Wildman–Crippen LogP) is 4.82. The fourth-order valence-corrected chi connectivity index (χ4v) is 6.33. The first-order valence-corrected chi connectivity index (χ1v) is 14.4. The lowest BCUT2D eigenvalue weighted by molar-refractivity contribution is -0.0390. The summed E-state index contributed by atoms with van der Waals surface area (Å²) in [5, 5.41) is 6.08. The minimum absolute atomic E-state index is 0.00632. The molecule has 2 unspecified atom stereocenters. The van der Waals surface area contributed by atoms with E-state index in [1.165, 1.54) is 0 Å². The van der Waals surface area contributed by atoms with Crippen molar-refractivity contribution in [2.45, 2.75) is 77.2 Å². The van der Waals surface area contributed by atoms with Gasteiger partial charge in [0.05, 0.1) is 23.1 Å². The van der Waals surface area contributed by atoms with Gasteiger partial charge in [0.15, 0.2) is 5.65 Å². The summed E-state index contributed by atoms with van der Waals surface area (Å²) in [5.41, 5.74) is 4.51. The Kier molecular flexibility index (Phi) is 7.12. The third-order valence-corrected chi connectivity index (χ3v) is 8.76. The number of ether oxygens (including phenoxy) is 1. The monoisotopic (exact) mass is 529 g/mol. The molecule has 0 bridgehead atoms. The van der Waals surface area contributed by atoms with Crippen molar-refractivity contribution in [1.82, 2.24) is 29.2 Å². The molecule has 6 rings (SSSR count). The van der Waals surface area contributed by atoms with E-state index in [1.54, 1.807) is 16.8 Å². The van der Waals surface area contributed by atoms with Crippen LogP contribution < -0.4 is 10.5 Å². The van der Waals surface area contributed by atoms with E-state index in [1.807, 2.05) is 24.0 Å². The average molecular weight is 530 g/mol. The van der Waals surface area contributed by atoms with Gasteiger partial charge in [-0.15, -0.1) is 0 Å². The van der Waals surface area contributed by atoms with E-state index in [0.717, 1.165) is 85.2 Å². The smallest absolute Gasteiger partial charge is 0.252 e. The van der Waals surface area contributed by atoms with E-state index in [0.29, 0.717) is 6.04 Å². The van der Waals surface area contributed by atoms with Gasteiger partial charge < -0.3 is 14.2 Å². The maximum Gasteiger partial charge on any atom is 0.252 e. The van der Waals surface area contributed by atoms with Crippen molar-refractivity contribution in [2.75, 3.05) is 24.6 Å². The molecule has 0 aliphatic carbocycles. The number of hydrogen-bond donors (Lipinski definition) is 0. The minimum Gasteiger partial charge on any atom is -0.364 e. The Morgan fingerprint density at radius 3 is 2.72 bits per heavy atom. The lowest BCUT2D eigenvalue weighted by atomic mass is 9.98. The molecule has 2 fully saturated rings. The maximum absolute atomic E-state index is 13.1. The van der Waals surface area contributed by atoms with E-state index in [9.17, 15) is 4.79 Å². The van der Waals surface area contributed by atoms with Crippen LogP contribution in [0.25, 0.3) is 22.1 Å². The summed E-state index contributed by atoms with van der Waals surface area (Å²) in [6.07, 6.45) is 8.86. The highest BCUT2D eigenvalue weighted by molar-refractivity contribution is 5.88. The summed E-state index contributed by atoms with van der Waals surface area (Å²) in [5.74, 6) is 0. The van der Waals surface area contributed by atoms with Gasteiger partial charge in [0.2, 0.25) is 0 Å². The van der Waals surface area contributed by atoms with Gasteiger partial charge >= 0.3 is 0 Å². The number of aryl methyl sites for hydroxylation is 1. The van der Waals surface area contributed by atoms with Gasteiger partial charge in [-0.1, -0.05) is 13.8 Å². The largest absolute Gasteiger partial charge is 0.364 e. The number of aromatic nitrogens is 5. The second kappa shape index (κ2) is 10.7. The molecule has 0 saturated carbocycles. The fourth-order valence-electron chi connectivity index (χ4n) is 6.33. The summed E-state index contributed by atoms with van der Waals surface area (Å²) in [6, 6.07) is 10.8. The van der Waals surface area contributed by atoms with Crippen LogP contribution in [0.2, 0.25) is 0 Å². The molecule has 4 aromatic heterocycles.